The smallest absolute Gasteiger partial charge is 0.127 e. The van der Waals surface area contributed by atoms with Crippen molar-refractivity contribution in [2.45, 2.75) is 72.3 Å². The molecule has 0 aliphatic carbocycles. The predicted octanol–water partition coefficient (Wildman–Crippen LogP) is 3.73. The third-order valence-electron chi connectivity index (χ3n) is 3.10. The summed E-state index contributed by atoms with van der Waals surface area (Å²) >= 11 is 0. The van der Waals surface area contributed by atoms with Gasteiger partial charge in [0.2, 0.25) is 0 Å². The molecule has 3 nitrogen and oxygen atoms in total. The SMILES string of the molecule is CCCCCc1nc(CCC)n(C(C)C)c1N. The molecule has 0 spiro atoms. The largest absolute Gasteiger partial charge is 0.384 e. The molecule has 98 valence electrons. The Bertz CT molecular complexity index is 339. The van der Waals surface area contributed by atoms with Crippen LogP contribution in [0.1, 0.15) is 70.9 Å². The minimum atomic E-state index is 0.406. The highest BCUT2D eigenvalue weighted by molar-refractivity contribution is 5.39. The lowest BCUT2D eigenvalue weighted by Gasteiger charge is -2.13. The van der Waals surface area contributed by atoms with Crippen LogP contribution < -0.4 is 5.73 Å². The molecular weight excluding hydrogens is 210 g/mol. The standard InChI is InChI=1S/C14H27N3/c1-5-7-8-10-12-14(15)17(11(3)4)13(16-12)9-6-2/h11H,5-10,15H2,1-4H3. The summed E-state index contributed by atoms with van der Waals surface area (Å²) in [5.74, 6) is 2.05. The van der Waals surface area contributed by atoms with Gasteiger partial charge in [0.15, 0.2) is 0 Å². The molecule has 0 amide bonds. The second kappa shape index (κ2) is 6.67. The minimum absolute atomic E-state index is 0.406. The van der Waals surface area contributed by atoms with Crippen LogP contribution in [-0.4, -0.2) is 9.55 Å². The van der Waals surface area contributed by atoms with Gasteiger partial charge in [-0.1, -0.05) is 26.7 Å². The highest BCUT2D eigenvalue weighted by Gasteiger charge is 2.15. The highest BCUT2D eigenvalue weighted by Crippen LogP contribution is 2.22. The van der Waals surface area contributed by atoms with E-state index >= 15 is 0 Å². The van der Waals surface area contributed by atoms with Crippen LogP contribution in [0.4, 0.5) is 5.82 Å². The van der Waals surface area contributed by atoms with E-state index in [2.05, 4.69) is 32.3 Å². The summed E-state index contributed by atoms with van der Waals surface area (Å²) in [6, 6.07) is 0.406. The number of rotatable bonds is 7. The van der Waals surface area contributed by atoms with Gasteiger partial charge in [0.25, 0.3) is 0 Å². The van der Waals surface area contributed by atoms with Crippen molar-refractivity contribution < 1.29 is 0 Å². The molecule has 1 heterocycles. The van der Waals surface area contributed by atoms with Crippen molar-refractivity contribution >= 4 is 5.82 Å². The summed E-state index contributed by atoms with van der Waals surface area (Å²) in [5, 5.41) is 0. The van der Waals surface area contributed by atoms with Gasteiger partial charge in [-0.05, 0) is 33.1 Å². The van der Waals surface area contributed by atoms with Crippen LogP contribution in [0.5, 0.6) is 0 Å². The van der Waals surface area contributed by atoms with Gasteiger partial charge in [0.1, 0.15) is 11.6 Å². The molecule has 0 bridgehead atoms. The highest BCUT2D eigenvalue weighted by atomic mass is 15.2. The molecule has 0 unspecified atom stereocenters. The maximum Gasteiger partial charge on any atom is 0.127 e. The maximum absolute atomic E-state index is 6.22. The third-order valence-corrected chi connectivity index (χ3v) is 3.10. The molecule has 0 aliphatic rings. The van der Waals surface area contributed by atoms with E-state index in [4.69, 9.17) is 10.7 Å². The van der Waals surface area contributed by atoms with Crippen LogP contribution >= 0.6 is 0 Å². The van der Waals surface area contributed by atoms with Gasteiger partial charge in [-0.2, -0.15) is 0 Å². The Morgan fingerprint density at radius 2 is 1.82 bits per heavy atom. The molecular formula is C14H27N3. The molecule has 0 aromatic carbocycles. The first-order valence-electron chi connectivity index (χ1n) is 6.97. The quantitative estimate of drug-likeness (QED) is 0.734. The fraction of sp³-hybridized carbons (Fsp3) is 0.786. The monoisotopic (exact) mass is 237 g/mol. The van der Waals surface area contributed by atoms with Crippen LogP contribution in [-0.2, 0) is 12.8 Å². The Morgan fingerprint density at radius 1 is 1.12 bits per heavy atom. The Hall–Kier alpha value is -0.990. The number of hydrogen-bond donors (Lipinski definition) is 1. The fourth-order valence-electron chi connectivity index (χ4n) is 2.25. The van der Waals surface area contributed by atoms with Crippen molar-refractivity contribution in [3.63, 3.8) is 0 Å². The molecule has 17 heavy (non-hydrogen) atoms. The number of anilines is 1. The summed E-state index contributed by atoms with van der Waals surface area (Å²) in [5.41, 5.74) is 7.33. The molecule has 0 aliphatic heterocycles. The molecule has 0 fully saturated rings. The summed E-state index contributed by atoms with van der Waals surface area (Å²) in [4.78, 5) is 4.73. The Morgan fingerprint density at radius 3 is 2.35 bits per heavy atom. The first-order valence-corrected chi connectivity index (χ1v) is 6.97. The number of aromatic nitrogens is 2. The van der Waals surface area contributed by atoms with Gasteiger partial charge in [-0.15, -0.1) is 0 Å². The van der Waals surface area contributed by atoms with Gasteiger partial charge in [0, 0.05) is 12.5 Å². The van der Waals surface area contributed by atoms with Gasteiger partial charge >= 0.3 is 0 Å². The van der Waals surface area contributed by atoms with Crippen molar-refractivity contribution in [2.75, 3.05) is 5.73 Å². The second-order valence-corrected chi connectivity index (χ2v) is 5.03. The van der Waals surface area contributed by atoms with E-state index in [0.29, 0.717) is 6.04 Å². The maximum atomic E-state index is 6.22. The van der Waals surface area contributed by atoms with Gasteiger partial charge in [-0.25, -0.2) is 4.98 Å². The minimum Gasteiger partial charge on any atom is -0.384 e. The number of unbranched alkanes of at least 4 members (excludes halogenated alkanes) is 2. The van der Waals surface area contributed by atoms with Gasteiger partial charge in [-0.3, -0.25) is 0 Å². The molecule has 1 aromatic rings. The summed E-state index contributed by atoms with van der Waals surface area (Å²) in [6.07, 6.45) is 6.87. The van der Waals surface area contributed by atoms with E-state index in [1.165, 1.54) is 19.3 Å². The summed E-state index contributed by atoms with van der Waals surface area (Å²) < 4.78 is 2.20. The van der Waals surface area contributed by atoms with E-state index in [9.17, 15) is 0 Å². The molecule has 3 heteroatoms. The normalized spacial score (nSPS) is 11.4. The first-order chi connectivity index (χ1) is 8.11. The van der Waals surface area contributed by atoms with E-state index in [0.717, 1.165) is 36.6 Å². The van der Waals surface area contributed by atoms with E-state index in [-0.39, 0.29) is 0 Å². The molecule has 1 rings (SSSR count). The lowest BCUT2D eigenvalue weighted by atomic mass is 10.1. The zero-order valence-corrected chi connectivity index (χ0v) is 11.8. The van der Waals surface area contributed by atoms with Crippen molar-refractivity contribution in [3.8, 4) is 0 Å². The molecule has 2 N–H and O–H groups in total. The first kappa shape index (κ1) is 14.1. The topological polar surface area (TPSA) is 43.8 Å². The van der Waals surface area contributed by atoms with Crippen LogP contribution in [0.3, 0.4) is 0 Å². The third kappa shape index (κ3) is 3.48. The Balaban J connectivity index is 2.87. The van der Waals surface area contributed by atoms with Crippen LogP contribution in [0.15, 0.2) is 0 Å². The van der Waals surface area contributed by atoms with Gasteiger partial charge < -0.3 is 10.3 Å². The Labute approximate surface area is 105 Å². The summed E-state index contributed by atoms with van der Waals surface area (Å²) in [7, 11) is 0. The van der Waals surface area contributed by atoms with Crippen molar-refractivity contribution in [1.29, 1.82) is 0 Å². The molecule has 0 atom stereocenters. The number of hydrogen-bond acceptors (Lipinski definition) is 2. The van der Waals surface area contributed by atoms with Crippen molar-refractivity contribution in [2.24, 2.45) is 0 Å². The number of nitrogens with zero attached hydrogens (tertiary/aromatic N) is 2. The lowest BCUT2D eigenvalue weighted by molar-refractivity contribution is 0.571. The van der Waals surface area contributed by atoms with Crippen molar-refractivity contribution in [1.82, 2.24) is 9.55 Å². The van der Waals surface area contributed by atoms with E-state index in [1.807, 2.05) is 0 Å². The average Bonchev–Trinajstić information content (AvgIpc) is 2.56. The van der Waals surface area contributed by atoms with E-state index in [1.54, 1.807) is 0 Å². The fourth-order valence-corrected chi connectivity index (χ4v) is 2.25. The Kier molecular flexibility index (Phi) is 5.52. The lowest BCUT2D eigenvalue weighted by Crippen LogP contribution is -2.09. The molecule has 0 saturated carbocycles. The van der Waals surface area contributed by atoms with E-state index < -0.39 is 0 Å². The van der Waals surface area contributed by atoms with Crippen LogP contribution in [0.2, 0.25) is 0 Å². The van der Waals surface area contributed by atoms with Crippen LogP contribution in [0.25, 0.3) is 0 Å². The molecule has 0 radical (unpaired) electrons. The number of aryl methyl sites for hydroxylation is 2. The molecule has 0 saturated heterocycles. The number of nitrogens with two attached hydrogens (primary N) is 1. The zero-order valence-electron chi connectivity index (χ0n) is 11.8. The van der Waals surface area contributed by atoms with Crippen LogP contribution in [0, 0.1) is 0 Å². The zero-order chi connectivity index (χ0) is 12.8. The number of nitrogen functional groups attached to an aromatic ring is 1. The second-order valence-electron chi connectivity index (χ2n) is 5.03. The summed E-state index contributed by atoms with van der Waals surface area (Å²) in [6.45, 7) is 8.75. The molecule has 1 aromatic heterocycles. The van der Waals surface area contributed by atoms with Crippen molar-refractivity contribution in [3.05, 3.63) is 11.5 Å². The average molecular weight is 237 g/mol. The van der Waals surface area contributed by atoms with Gasteiger partial charge in [0.05, 0.1) is 5.69 Å². The number of imidazole rings is 1. The predicted molar refractivity (Wildman–Crippen MR) is 74.2 cm³/mol.